The Morgan fingerprint density at radius 2 is 1.82 bits per heavy atom. The Balaban J connectivity index is 1.82. The number of hydrogen-bond donors (Lipinski definition) is 1. The molecule has 1 N–H and O–H groups in total. The SMILES string of the molecule is C=CCN(CCC)C(=O)[C@H]1[C@H]2C(=O)N(CCCO)C(C(=O)N(CC=C)c3c(C)cccc3C)C23CC[C@]1(C)O3. The molecule has 0 aromatic heterocycles. The number of benzene rings is 1. The highest BCUT2D eigenvalue weighted by atomic mass is 16.5. The summed E-state index contributed by atoms with van der Waals surface area (Å²) >= 11 is 0. The molecule has 5 atom stereocenters. The van der Waals surface area contributed by atoms with Gasteiger partial charge in [-0.3, -0.25) is 14.4 Å². The van der Waals surface area contributed by atoms with Crippen LogP contribution in [-0.2, 0) is 19.1 Å². The monoisotopic (exact) mass is 537 g/mol. The Morgan fingerprint density at radius 1 is 1.15 bits per heavy atom. The van der Waals surface area contributed by atoms with Crippen molar-refractivity contribution in [3.8, 4) is 0 Å². The number of anilines is 1. The number of amides is 3. The molecule has 0 radical (unpaired) electrons. The summed E-state index contributed by atoms with van der Waals surface area (Å²) in [6.45, 7) is 16.9. The molecule has 2 unspecified atom stereocenters. The fraction of sp³-hybridized carbons (Fsp3) is 0.581. The minimum Gasteiger partial charge on any atom is -0.396 e. The number of nitrogens with zero attached hydrogens (tertiary/aromatic N) is 3. The van der Waals surface area contributed by atoms with E-state index in [0.29, 0.717) is 32.4 Å². The number of hydrogen-bond acceptors (Lipinski definition) is 5. The summed E-state index contributed by atoms with van der Waals surface area (Å²) in [5.74, 6) is -2.04. The summed E-state index contributed by atoms with van der Waals surface area (Å²) < 4.78 is 6.78. The van der Waals surface area contributed by atoms with Crippen LogP contribution in [0.4, 0.5) is 5.69 Å². The van der Waals surface area contributed by atoms with Crippen LogP contribution in [0.15, 0.2) is 43.5 Å². The summed E-state index contributed by atoms with van der Waals surface area (Å²) in [4.78, 5) is 47.9. The third-order valence-electron chi connectivity index (χ3n) is 8.78. The second-order valence-electron chi connectivity index (χ2n) is 11.4. The molecule has 3 saturated heterocycles. The van der Waals surface area contributed by atoms with Gasteiger partial charge in [0.1, 0.15) is 11.6 Å². The van der Waals surface area contributed by atoms with E-state index in [1.54, 1.807) is 26.9 Å². The van der Waals surface area contributed by atoms with Crippen LogP contribution in [0.3, 0.4) is 0 Å². The summed E-state index contributed by atoms with van der Waals surface area (Å²) in [7, 11) is 0. The maximum Gasteiger partial charge on any atom is 0.253 e. The molecule has 3 heterocycles. The summed E-state index contributed by atoms with van der Waals surface area (Å²) in [6, 6.07) is 4.98. The molecule has 8 heteroatoms. The van der Waals surface area contributed by atoms with Gasteiger partial charge in [0, 0.05) is 38.5 Å². The molecule has 1 spiro atoms. The number of likely N-dealkylation sites (tertiary alicyclic amines) is 1. The Labute approximate surface area is 232 Å². The maximum absolute atomic E-state index is 14.6. The van der Waals surface area contributed by atoms with Crippen LogP contribution in [0.5, 0.6) is 0 Å². The second kappa shape index (κ2) is 11.3. The highest BCUT2D eigenvalue weighted by Gasteiger charge is 2.78. The van der Waals surface area contributed by atoms with Crippen LogP contribution < -0.4 is 4.90 Å². The van der Waals surface area contributed by atoms with E-state index in [4.69, 9.17) is 4.74 Å². The zero-order valence-electron chi connectivity index (χ0n) is 23.8. The summed E-state index contributed by atoms with van der Waals surface area (Å²) in [5, 5.41) is 9.64. The first-order chi connectivity index (χ1) is 18.6. The zero-order valence-corrected chi connectivity index (χ0v) is 23.8. The van der Waals surface area contributed by atoms with Gasteiger partial charge in [0.25, 0.3) is 5.91 Å². The smallest absolute Gasteiger partial charge is 0.253 e. The van der Waals surface area contributed by atoms with Crippen molar-refractivity contribution < 1.29 is 24.2 Å². The van der Waals surface area contributed by atoms with Gasteiger partial charge in [-0.15, -0.1) is 13.2 Å². The van der Waals surface area contributed by atoms with Crippen LogP contribution in [0.25, 0.3) is 0 Å². The van der Waals surface area contributed by atoms with Crippen LogP contribution in [0.1, 0.15) is 50.7 Å². The fourth-order valence-corrected chi connectivity index (χ4v) is 7.28. The lowest BCUT2D eigenvalue weighted by atomic mass is 9.66. The largest absolute Gasteiger partial charge is 0.396 e. The number of ether oxygens (including phenoxy) is 1. The van der Waals surface area contributed by atoms with Gasteiger partial charge in [-0.05, 0) is 57.6 Å². The third-order valence-corrected chi connectivity index (χ3v) is 8.78. The number of aliphatic hydroxyl groups is 1. The van der Waals surface area contributed by atoms with Gasteiger partial charge in [0.2, 0.25) is 11.8 Å². The molecule has 1 aromatic rings. The van der Waals surface area contributed by atoms with Gasteiger partial charge >= 0.3 is 0 Å². The molecule has 3 aliphatic rings. The van der Waals surface area contributed by atoms with Crippen LogP contribution in [0, 0.1) is 25.7 Å². The number of carbonyl (C=O) groups is 3. The first-order valence-corrected chi connectivity index (χ1v) is 14.1. The van der Waals surface area contributed by atoms with E-state index in [0.717, 1.165) is 23.2 Å². The number of fused-ring (bicyclic) bond motifs is 1. The van der Waals surface area contributed by atoms with Gasteiger partial charge in [0.15, 0.2) is 0 Å². The lowest BCUT2D eigenvalue weighted by Crippen LogP contribution is -2.57. The fourth-order valence-electron chi connectivity index (χ4n) is 7.28. The van der Waals surface area contributed by atoms with Gasteiger partial charge in [-0.25, -0.2) is 0 Å². The summed E-state index contributed by atoms with van der Waals surface area (Å²) in [6.07, 6.45) is 5.60. The normalized spacial score (nSPS) is 28.9. The number of rotatable bonds is 12. The predicted octanol–water partition coefficient (Wildman–Crippen LogP) is 3.39. The molecule has 3 amide bonds. The van der Waals surface area contributed by atoms with Crippen molar-refractivity contribution in [3.63, 3.8) is 0 Å². The lowest BCUT2D eigenvalue weighted by Gasteiger charge is -2.37. The average molecular weight is 538 g/mol. The molecule has 3 fully saturated rings. The van der Waals surface area contributed by atoms with Gasteiger partial charge in [-0.1, -0.05) is 37.3 Å². The van der Waals surface area contributed by atoms with Crippen LogP contribution in [0.2, 0.25) is 0 Å². The molecule has 8 nitrogen and oxygen atoms in total. The minimum atomic E-state index is -1.11. The molecule has 39 heavy (non-hydrogen) atoms. The van der Waals surface area contributed by atoms with Crippen molar-refractivity contribution in [1.29, 1.82) is 0 Å². The Hall–Kier alpha value is -2.97. The Morgan fingerprint density at radius 3 is 2.41 bits per heavy atom. The molecule has 4 rings (SSSR count). The molecule has 0 saturated carbocycles. The standard InChI is InChI=1S/C31H43N3O5/c1-7-16-32(17-8-2)27(36)23-24-28(37)34(19-11-20-35)26(31(24)15-14-30(23,6)39-31)29(38)33(18-9-3)25-21(4)12-10-13-22(25)5/h7,9-10,12-13,23-24,26,35H,1,3,8,11,14-20H2,2,4-6H3/t23-,24+,26?,30+,31?/m1/s1. The number of para-hydroxylation sites is 1. The van der Waals surface area contributed by atoms with E-state index in [-0.39, 0.29) is 37.4 Å². The third kappa shape index (κ3) is 4.61. The van der Waals surface area contributed by atoms with Crippen molar-refractivity contribution in [2.75, 3.05) is 37.7 Å². The van der Waals surface area contributed by atoms with Crippen molar-refractivity contribution in [3.05, 3.63) is 54.6 Å². The van der Waals surface area contributed by atoms with Gasteiger partial charge < -0.3 is 24.5 Å². The summed E-state index contributed by atoms with van der Waals surface area (Å²) in [5.41, 5.74) is 0.737. The molecule has 0 aliphatic carbocycles. The van der Waals surface area contributed by atoms with E-state index >= 15 is 0 Å². The highest BCUT2D eigenvalue weighted by Crippen LogP contribution is 2.63. The first-order valence-electron chi connectivity index (χ1n) is 14.1. The maximum atomic E-state index is 14.6. The molecule has 2 bridgehead atoms. The van der Waals surface area contributed by atoms with Crippen molar-refractivity contribution in [2.45, 2.75) is 70.6 Å². The van der Waals surface area contributed by atoms with Crippen molar-refractivity contribution in [2.24, 2.45) is 11.8 Å². The lowest BCUT2D eigenvalue weighted by molar-refractivity contribution is -0.149. The van der Waals surface area contributed by atoms with E-state index in [1.165, 1.54) is 0 Å². The molecule has 1 aromatic carbocycles. The quantitative estimate of drug-likeness (QED) is 0.413. The van der Waals surface area contributed by atoms with E-state index < -0.39 is 29.1 Å². The Kier molecular flexibility index (Phi) is 8.38. The second-order valence-corrected chi connectivity index (χ2v) is 11.4. The molecular weight excluding hydrogens is 494 g/mol. The zero-order chi connectivity index (χ0) is 28.5. The Bertz CT molecular complexity index is 1130. The van der Waals surface area contributed by atoms with E-state index in [1.807, 2.05) is 45.9 Å². The highest BCUT2D eigenvalue weighted by molar-refractivity contribution is 6.05. The first kappa shape index (κ1) is 29.0. The number of aliphatic hydroxyl groups excluding tert-OH is 1. The minimum absolute atomic E-state index is 0.111. The van der Waals surface area contributed by atoms with E-state index in [9.17, 15) is 19.5 Å². The van der Waals surface area contributed by atoms with Crippen LogP contribution in [-0.4, -0.2) is 82.7 Å². The predicted molar refractivity (Wildman–Crippen MR) is 151 cm³/mol. The van der Waals surface area contributed by atoms with Crippen molar-refractivity contribution in [1.82, 2.24) is 9.80 Å². The average Bonchev–Trinajstić information content (AvgIpc) is 3.46. The van der Waals surface area contributed by atoms with Crippen molar-refractivity contribution >= 4 is 23.4 Å². The molecule has 212 valence electrons. The van der Waals surface area contributed by atoms with Gasteiger partial charge in [-0.2, -0.15) is 0 Å². The molecule has 3 aliphatic heterocycles. The number of aryl methyl sites for hydroxylation is 2. The van der Waals surface area contributed by atoms with E-state index in [2.05, 4.69) is 13.2 Å². The van der Waals surface area contributed by atoms with Crippen LogP contribution >= 0.6 is 0 Å². The van der Waals surface area contributed by atoms with Gasteiger partial charge in [0.05, 0.1) is 17.4 Å². The molecular formula is C31H43N3O5. The topological polar surface area (TPSA) is 90.4 Å². The number of carbonyl (C=O) groups excluding carboxylic acids is 3.